The molecule has 0 amide bonds. The van der Waals surface area contributed by atoms with Crippen molar-refractivity contribution < 1.29 is 69.1 Å². The number of aromatic hydroxyl groups is 4. The number of carbonyl (C=O) groups excluding carboxylic acids is 1. The van der Waals surface area contributed by atoms with Crippen molar-refractivity contribution in [3.05, 3.63) is 40.6 Å². The summed E-state index contributed by atoms with van der Waals surface area (Å²) < 4.78 is 21.4. The van der Waals surface area contributed by atoms with E-state index in [9.17, 15) is 50.1 Å². The number of aliphatic hydroxyl groups excluding tert-OH is 3. The van der Waals surface area contributed by atoms with E-state index in [-0.39, 0.29) is 11.1 Å². The minimum atomic E-state index is -1.99. The van der Waals surface area contributed by atoms with E-state index < -0.39 is 101 Å². The highest BCUT2D eigenvalue weighted by Crippen LogP contribution is 2.39. The lowest BCUT2D eigenvalue weighted by Crippen LogP contribution is -2.60. The van der Waals surface area contributed by atoms with E-state index in [2.05, 4.69) is 0 Å². The Balaban J connectivity index is 1.76. The SMILES string of the molecule is O=C(O)CC(=O)OC[C@H]1O[C@@H](Oc2c(-c3ccc(O)c(O)c3)oc3cc(O)cc(O)c3c2=O)[C@@H](O)[C@H](O)[C@H]1O. The number of fused-ring (bicyclic) bond motifs is 1. The van der Waals surface area contributed by atoms with E-state index in [1.807, 2.05) is 0 Å². The highest BCUT2D eigenvalue weighted by Gasteiger charge is 2.46. The maximum atomic E-state index is 13.4. The monoisotopic (exact) mass is 550 g/mol. The largest absolute Gasteiger partial charge is 0.508 e. The zero-order chi connectivity index (χ0) is 28.6. The third kappa shape index (κ3) is 5.51. The molecule has 5 atom stereocenters. The van der Waals surface area contributed by atoms with E-state index in [0.717, 1.165) is 24.3 Å². The average molecular weight is 550 g/mol. The van der Waals surface area contributed by atoms with E-state index in [1.165, 1.54) is 6.07 Å². The zero-order valence-corrected chi connectivity index (χ0v) is 19.6. The summed E-state index contributed by atoms with van der Waals surface area (Å²) in [4.78, 5) is 35.7. The molecule has 208 valence electrons. The summed E-state index contributed by atoms with van der Waals surface area (Å²) in [6, 6.07) is 5.14. The van der Waals surface area contributed by atoms with Crippen LogP contribution in [0.3, 0.4) is 0 Å². The highest BCUT2D eigenvalue weighted by atomic mass is 16.7. The molecule has 2 aromatic carbocycles. The van der Waals surface area contributed by atoms with Crippen molar-refractivity contribution >= 4 is 22.9 Å². The molecule has 8 N–H and O–H groups in total. The fourth-order valence-corrected chi connectivity index (χ4v) is 3.85. The summed E-state index contributed by atoms with van der Waals surface area (Å²) >= 11 is 0. The molecule has 0 spiro atoms. The maximum Gasteiger partial charge on any atom is 0.317 e. The van der Waals surface area contributed by atoms with Gasteiger partial charge in [-0.15, -0.1) is 0 Å². The lowest BCUT2D eigenvalue weighted by Gasteiger charge is -2.39. The standard InChI is InChI=1S/C24H22O15/c25-9-4-12(28)17-13(5-9)37-22(8-1-2-10(26)11(27)3-8)23(19(17)33)39-24-21(35)20(34)18(32)14(38-24)7-36-16(31)6-15(29)30/h1-5,14,18,20-21,24-28,32,34-35H,6-7H2,(H,29,30)/t14-,18+,20-,21+,24+/m1/s1. The lowest BCUT2D eigenvalue weighted by molar-refractivity contribution is -0.278. The lowest BCUT2D eigenvalue weighted by atomic mass is 9.99. The summed E-state index contributed by atoms with van der Waals surface area (Å²) in [5.74, 6) is -6.09. The van der Waals surface area contributed by atoms with Crippen molar-refractivity contribution in [2.75, 3.05) is 6.61 Å². The number of aliphatic hydroxyl groups is 3. The number of carboxylic acid groups (broad SMARTS) is 1. The minimum Gasteiger partial charge on any atom is -0.508 e. The molecule has 1 aliphatic rings. The zero-order valence-electron chi connectivity index (χ0n) is 19.6. The van der Waals surface area contributed by atoms with Gasteiger partial charge in [0, 0.05) is 17.7 Å². The first-order chi connectivity index (χ1) is 18.4. The smallest absolute Gasteiger partial charge is 0.317 e. The molecule has 15 heteroatoms. The third-order valence-corrected chi connectivity index (χ3v) is 5.76. The van der Waals surface area contributed by atoms with Gasteiger partial charge in [0.05, 0.1) is 0 Å². The van der Waals surface area contributed by atoms with E-state index in [0.29, 0.717) is 0 Å². The van der Waals surface area contributed by atoms with Crippen molar-refractivity contribution in [3.63, 3.8) is 0 Å². The molecule has 2 heterocycles. The first-order valence-electron chi connectivity index (χ1n) is 11.2. The maximum absolute atomic E-state index is 13.4. The van der Waals surface area contributed by atoms with Gasteiger partial charge in [0.15, 0.2) is 17.3 Å². The number of rotatable bonds is 7. The summed E-state index contributed by atoms with van der Waals surface area (Å²) in [5.41, 5.74) is -1.40. The normalized spacial score (nSPS) is 22.9. The average Bonchev–Trinajstić information content (AvgIpc) is 2.85. The van der Waals surface area contributed by atoms with Crippen LogP contribution in [0, 0.1) is 0 Å². The molecule has 1 aromatic heterocycles. The van der Waals surface area contributed by atoms with E-state index in [4.69, 9.17) is 23.7 Å². The molecule has 4 rings (SSSR count). The number of hydrogen-bond acceptors (Lipinski definition) is 14. The van der Waals surface area contributed by atoms with Gasteiger partial charge in [-0.05, 0) is 18.2 Å². The highest BCUT2D eigenvalue weighted by molar-refractivity contribution is 5.90. The molecule has 1 aliphatic heterocycles. The van der Waals surface area contributed by atoms with Crippen molar-refractivity contribution in [2.24, 2.45) is 0 Å². The Labute approximate surface area is 216 Å². The Morgan fingerprint density at radius 3 is 2.28 bits per heavy atom. The minimum absolute atomic E-state index is 0.0489. The van der Waals surface area contributed by atoms with Crippen molar-refractivity contribution in [3.8, 4) is 40.1 Å². The summed E-state index contributed by atoms with van der Waals surface area (Å²) in [6.45, 7) is -0.762. The second-order valence-electron chi connectivity index (χ2n) is 8.52. The summed E-state index contributed by atoms with van der Waals surface area (Å²) in [5, 5.41) is 79.0. The Morgan fingerprint density at radius 1 is 0.897 bits per heavy atom. The van der Waals surface area contributed by atoms with Gasteiger partial charge in [-0.3, -0.25) is 14.4 Å². The van der Waals surface area contributed by atoms with Crippen LogP contribution in [0.2, 0.25) is 0 Å². The summed E-state index contributed by atoms with van der Waals surface area (Å²) in [7, 11) is 0. The predicted octanol–water partition coefficient (Wildman–Crippen LogP) is -0.513. The van der Waals surface area contributed by atoms with E-state index in [1.54, 1.807) is 0 Å². The Kier molecular flexibility index (Phi) is 7.51. The van der Waals surface area contributed by atoms with Gasteiger partial charge in [0.25, 0.3) is 0 Å². The number of esters is 1. The second-order valence-corrected chi connectivity index (χ2v) is 8.52. The van der Waals surface area contributed by atoms with Crippen molar-refractivity contribution in [2.45, 2.75) is 37.1 Å². The van der Waals surface area contributed by atoms with Gasteiger partial charge >= 0.3 is 11.9 Å². The topological polar surface area (TPSA) is 254 Å². The van der Waals surface area contributed by atoms with E-state index >= 15 is 0 Å². The number of ether oxygens (including phenoxy) is 3. The molecular formula is C24H22O15. The first-order valence-corrected chi connectivity index (χ1v) is 11.2. The fourth-order valence-electron chi connectivity index (χ4n) is 3.85. The number of benzene rings is 2. The quantitative estimate of drug-likeness (QED) is 0.105. The Hall–Kier alpha value is -4.57. The summed E-state index contributed by atoms with van der Waals surface area (Å²) in [6.07, 6.45) is -10.2. The van der Waals surface area contributed by atoms with Gasteiger partial charge in [0.2, 0.25) is 17.5 Å². The van der Waals surface area contributed by atoms with Crippen LogP contribution in [0.15, 0.2) is 39.5 Å². The molecule has 15 nitrogen and oxygen atoms in total. The molecule has 0 radical (unpaired) electrons. The Morgan fingerprint density at radius 2 is 1.62 bits per heavy atom. The number of phenolic OH excluding ortho intramolecular Hbond substituents is 4. The van der Waals surface area contributed by atoms with Crippen LogP contribution in [-0.4, -0.2) is 90.1 Å². The van der Waals surface area contributed by atoms with Crippen LogP contribution in [-0.2, 0) is 19.1 Å². The van der Waals surface area contributed by atoms with Crippen molar-refractivity contribution in [1.29, 1.82) is 0 Å². The van der Waals surface area contributed by atoms with Crippen molar-refractivity contribution in [1.82, 2.24) is 0 Å². The van der Waals surface area contributed by atoms with Crippen LogP contribution >= 0.6 is 0 Å². The Bertz CT molecular complexity index is 1480. The molecule has 39 heavy (non-hydrogen) atoms. The molecule has 0 bridgehead atoms. The van der Waals surface area contributed by atoms with Gasteiger partial charge < -0.3 is 59.5 Å². The molecule has 3 aromatic rings. The van der Waals surface area contributed by atoms with Crippen LogP contribution in [0.5, 0.6) is 28.7 Å². The third-order valence-electron chi connectivity index (χ3n) is 5.76. The van der Waals surface area contributed by atoms with Gasteiger partial charge in [-0.25, -0.2) is 0 Å². The van der Waals surface area contributed by atoms with Crippen LogP contribution in [0.4, 0.5) is 0 Å². The fraction of sp³-hybridized carbons (Fsp3) is 0.292. The molecule has 1 fully saturated rings. The molecule has 1 saturated heterocycles. The number of phenols is 4. The molecule has 0 aliphatic carbocycles. The van der Waals surface area contributed by atoms with Crippen LogP contribution in [0.1, 0.15) is 6.42 Å². The first kappa shape index (κ1) is 27.5. The molecule has 0 saturated carbocycles. The molecule has 0 unspecified atom stereocenters. The number of carboxylic acids is 1. The van der Waals surface area contributed by atoms with Crippen LogP contribution < -0.4 is 10.2 Å². The number of carbonyl (C=O) groups is 2. The number of hydrogen-bond donors (Lipinski definition) is 8. The van der Waals surface area contributed by atoms with Crippen LogP contribution in [0.25, 0.3) is 22.3 Å². The number of aliphatic carboxylic acids is 1. The predicted molar refractivity (Wildman–Crippen MR) is 125 cm³/mol. The molecular weight excluding hydrogens is 528 g/mol. The van der Waals surface area contributed by atoms with Gasteiger partial charge in [-0.1, -0.05) is 0 Å². The second kappa shape index (κ2) is 10.7. The van der Waals surface area contributed by atoms with Gasteiger partial charge in [-0.2, -0.15) is 0 Å². The van der Waals surface area contributed by atoms with Gasteiger partial charge in [0.1, 0.15) is 59.9 Å².